The normalized spacial score (nSPS) is 16.1. The SMILES string of the molecule is Cc1cc(O)cc(C)c1C[C@H](NC(=O)C(N)[C@@H]1CCN(C(=N)N)CO1)C(=O)N[C@@H](Cc1cnc[nH]1)c1nc(Cc2ccc(-c3ccccc3)cc2)no1. The van der Waals surface area contributed by atoms with E-state index in [2.05, 4.69) is 42.9 Å². The Morgan fingerprint density at radius 3 is 2.40 bits per heavy atom. The number of ether oxygens (including phenoxy) is 1. The molecule has 5 aromatic rings. The summed E-state index contributed by atoms with van der Waals surface area (Å²) in [6.07, 6.45) is 3.66. The Labute approximate surface area is 306 Å². The molecule has 3 aromatic carbocycles. The average molecular weight is 721 g/mol. The molecule has 0 bridgehead atoms. The number of guanidine groups is 1. The van der Waals surface area contributed by atoms with Crippen LogP contribution in [0.2, 0.25) is 0 Å². The number of amides is 2. The van der Waals surface area contributed by atoms with E-state index in [1.54, 1.807) is 18.3 Å². The third-order valence-electron chi connectivity index (χ3n) is 9.39. The van der Waals surface area contributed by atoms with Gasteiger partial charge in [-0.25, -0.2) is 4.98 Å². The number of aromatic nitrogens is 4. The van der Waals surface area contributed by atoms with Gasteiger partial charge < -0.3 is 46.4 Å². The molecule has 3 heterocycles. The molecule has 6 rings (SSSR count). The molecule has 15 nitrogen and oxygen atoms in total. The minimum atomic E-state index is -1.09. The number of aryl methyl sites for hydroxylation is 2. The molecule has 15 heteroatoms. The van der Waals surface area contributed by atoms with Gasteiger partial charge in [0.2, 0.25) is 17.7 Å². The number of aromatic hydroxyl groups is 1. The van der Waals surface area contributed by atoms with Crippen LogP contribution in [0.4, 0.5) is 0 Å². The number of nitrogens with one attached hydrogen (secondary N) is 4. The minimum Gasteiger partial charge on any atom is -0.508 e. The highest BCUT2D eigenvalue weighted by atomic mass is 16.5. The molecule has 9 N–H and O–H groups in total. The smallest absolute Gasteiger partial charge is 0.249 e. The Kier molecular flexibility index (Phi) is 11.4. The lowest BCUT2D eigenvalue weighted by molar-refractivity contribution is -0.134. The van der Waals surface area contributed by atoms with Crippen molar-refractivity contribution in [1.29, 1.82) is 5.41 Å². The molecule has 4 atom stereocenters. The molecule has 1 aliphatic heterocycles. The van der Waals surface area contributed by atoms with Gasteiger partial charge in [-0.3, -0.25) is 15.0 Å². The topological polar surface area (TPSA) is 234 Å². The summed E-state index contributed by atoms with van der Waals surface area (Å²) in [5, 5.41) is 27.9. The van der Waals surface area contributed by atoms with Crippen LogP contribution in [0.1, 0.15) is 52.1 Å². The number of imidazole rings is 1. The van der Waals surface area contributed by atoms with Gasteiger partial charge in [0.15, 0.2) is 11.8 Å². The first-order valence-electron chi connectivity index (χ1n) is 17.3. The van der Waals surface area contributed by atoms with Crippen LogP contribution < -0.4 is 22.1 Å². The highest BCUT2D eigenvalue weighted by Crippen LogP contribution is 2.24. The Morgan fingerprint density at radius 1 is 1.04 bits per heavy atom. The summed E-state index contributed by atoms with van der Waals surface area (Å²) in [6.45, 7) is 4.09. The first-order chi connectivity index (χ1) is 25.5. The van der Waals surface area contributed by atoms with Crippen LogP contribution in [-0.2, 0) is 33.6 Å². The average Bonchev–Trinajstić information content (AvgIpc) is 3.85. The lowest BCUT2D eigenvalue weighted by Gasteiger charge is -2.35. The number of carbonyl (C=O) groups excluding carboxylic acids is 2. The second kappa shape index (κ2) is 16.5. The van der Waals surface area contributed by atoms with E-state index < -0.39 is 36.0 Å². The van der Waals surface area contributed by atoms with Crippen LogP contribution in [0.5, 0.6) is 5.75 Å². The van der Waals surface area contributed by atoms with Gasteiger partial charge >= 0.3 is 0 Å². The van der Waals surface area contributed by atoms with Crippen molar-refractivity contribution in [2.45, 2.75) is 63.8 Å². The van der Waals surface area contributed by atoms with Crippen LogP contribution in [0.15, 0.2) is 83.8 Å². The van der Waals surface area contributed by atoms with Crippen molar-refractivity contribution >= 4 is 17.8 Å². The molecule has 1 fully saturated rings. The molecule has 2 amide bonds. The third kappa shape index (κ3) is 9.25. The zero-order valence-electron chi connectivity index (χ0n) is 29.6. The number of nitrogens with zero attached hydrogens (tertiary/aromatic N) is 4. The van der Waals surface area contributed by atoms with E-state index in [1.807, 2.05) is 56.3 Å². The van der Waals surface area contributed by atoms with Crippen molar-refractivity contribution in [2.24, 2.45) is 11.5 Å². The van der Waals surface area contributed by atoms with Crippen molar-refractivity contribution in [2.75, 3.05) is 13.3 Å². The molecule has 1 saturated heterocycles. The first-order valence-corrected chi connectivity index (χ1v) is 17.3. The molecule has 276 valence electrons. The number of nitrogens with two attached hydrogens (primary N) is 2. The van der Waals surface area contributed by atoms with Gasteiger partial charge in [0.25, 0.3) is 0 Å². The fourth-order valence-corrected chi connectivity index (χ4v) is 6.43. The summed E-state index contributed by atoms with van der Waals surface area (Å²) in [5.74, 6) is -0.488. The van der Waals surface area contributed by atoms with Gasteiger partial charge in [-0.1, -0.05) is 59.8 Å². The predicted octanol–water partition coefficient (Wildman–Crippen LogP) is 2.77. The highest BCUT2D eigenvalue weighted by molar-refractivity contribution is 5.90. The van der Waals surface area contributed by atoms with Gasteiger partial charge in [0, 0.05) is 37.7 Å². The summed E-state index contributed by atoms with van der Waals surface area (Å²) >= 11 is 0. The predicted molar refractivity (Wildman–Crippen MR) is 196 cm³/mol. The molecule has 1 unspecified atom stereocenters. The van der Waals surface area contributed by atoms with E-state index in [-0.39, 0.29) is 37.2 Å². The number of benzene rings is 3. The quantitative estimate of drug-likeness (QED) is 0.0690. The maximum absolute atomic E-state index is 14.2. The minimum absolute atomic E-state index is 0.0250. The molecule has 0 spiro atoms. The van der Waals surface area contributed by atoms with Crippen LogP contribution in [-0.4, -0.2) is 79.4 Å². The van der Waals surface area contributed by atoms with Crippen molar-refractivity contribution in [1.82, 2.24) is 35.6 Å². The van der Waals surface area contributed by atoms with Gasteiger partial charge in [-0.05, 0) is 65.8 Å². The number of rotatable bonds is 13. The highest BCUT2D eigenvalue weighted by Gasteiger charge is 2.34. The van der Waals surface area contributed by atoms with E-state index in [4.69, 9.17) is 26.1 Å². The van der Waals surface area contributed by atoms with Gasteiger partial charge in [-0.15, -0.1) is 0 Å². The zero-order chi connectivity index (χ0) is 37.5. The Morgan fingerprint density at radius 2 is 1.75 bits per heavy atom. The van der Waals surface area contributed by atoms with Crippen molar-refractivity contribution in [3.05, 3.63) is 119 Å². The summed E-state index contributed by atoms with van der Waals surface area (Å²) in [6, 6.07) is 18.5. The fourth-order valence-electron chi connectivity index (χ4n) is 6.43. The summed E-state index contributed by atoms with van der Waals surface area (Å²) in [4.78, 5) is 41.2. The lowest BCUT2D eigenvalue weighted by atomic mass is 9.95. The Hall–Kier alpha value is -6.06. The monoisotopic (exact) mass is 720 g/mol. The molecule has 0 radical (unpaired) electrons. The number of carbonyl (C=O) groups is 2. The van der Waals surface area contributed by atoms with Crippen LogP contribution in [0.25, 0.3) is 11.1 Å². The van der Waals surface area contributed by atoms with Crippen molar-refractivity contribution in [3.8, 4) is 16.9 Å². The summed E-state index contributed by atoms with van der Waals surface area (Å²) in [7, 11) is 0. The summed E-state index contributed by atoms with van der Waals surface area (Å²) < 4.78 is 11.5. The second-order valence-corrected chi connectivity index (χ2v) is 13.3. The molecule has 53 heavy (non-hydrogen) atoms. The van der Waals surface area contributed by atoms with E-state index in [0.717, 1.165) is 33.4 Å². The molecule has 1 aliphatic rings. The fraction of sp³-hybridized carbons (Fsp3) is 0.316. The van der Waals surface area contributed by atoms with Gasteiger partial charge in [0.1, 0.15) is 30.6 Å². The molecule has 2 aromatic heterocycles. The molecule has 0 saturated carbocycles. The molecule has 0 aliphatic carbocycles. The third-order valence-corrected chi connectivity index (χ3v) is 9.39. The summed E-state index contributed by atoms with van der Waals surface area (Å²) in [5.41, 5.74) is 18.2. The largest absolute Gasteiger partial charge is 0.508 e. The standard InChI is InChI=1S/C38H44N10O5/c1-22-14-28(49)15-23(2)29(22)18-30(44-36(51)34(39)32-12-13-48(21-52-32)38(40)41)35(50)45-31(17-27-19-42-20-43-27)37-46-33(47-53-37)16-24-8-10-26(11-9-24)25-6-4-3-5-7-25/h3-11,14-15,19-20,30-32,34,49H,12-13,16-18,21,39H2,1-2H3,(H3,40,41)(H,42,43)(H,44,51)(H,45,50)/t30-,31-,32-,34?/m0/s1. The zero-order valence-corrected chi connectivity index (χ0v) is 29.6. The Balaban J connectivity index is 1.21. The van der Waals surface area contributed by atoms with Gasteiger partial charge in [-0.2, -0.15) is 4.98 Å². The van der Waals surface area contributed by atoms with E-state index in [9.17, 15) is 14.7 Å². The van der Waals surface area contributed by atoms with Crippen LogP contribution in [0.3, 0.4) is 0 Å². The molecular formula is C38H44N10O5. The molecular weight excluding hydrogens is 676 g/mol. The Bertz CT molecular complexity index is 1990. The number of hydrogen-bond donors (Lipinski definition) is 7. The van der Waals surface area contributed by atoms with Gasteiger partial charge in [0.05, 0.1) is 12.4 Å². The van der Waals surface area contributed by atoms with Crippen molar-refractivity contribution in [3.63, 3.8) is 0 Å². The number of phenols is 1. The number of phenolic OH excluding ortho intramolecular Hbond substituents is 1. The van der Waals surface area contributed by atoms with Crippen molar-refractivity contribution < 1.29 is 24.0 Å². The number of aromatic amines is 1. The van der Waals surface area contributed by atoms with Crippen LogP contribution >= 0.6 is 0 Å². The van der Waals surface area contributed by atoms with Crippen LogP contribution in [0, 0.1) is 19.3 Å². The lowest BCUT2D eigenvalue weighted by Crippen LogP contribution is -2.58. The maximum atomic E-state index is 14.2. The van der Waals surface area contributed by atoms with E-state index in [1.165, 1.54) is 11.2 Å². The van der Waals surface area contributed by atoms with E-state index >= 15 is 0 Å². The number of H-pyrrole nitrogens is 1. The maximum Gasteiger partial charge on any atom is 0.249 e. The number of hydrogen-bond acceptors (Lipinski definition) is 10. The van der Waals surface area contributed by atoms with E-state index in [0.29, 0.717) is 30.9 Å². The second-order valence-electron chi connectivity index (χ2n) is 13.3. The first kappa shape index (κ1) is 36.7.